The number of hydrogen-bond acceptors (Lipinski definition) is 6. The molecule has 0 amide bonds. The molecule has 28 heavy (non-hydrogen) atoms. The van der Waals surface area contributed by atoms with Crippen molar-refractivity contribution >= 4 is 11.9 Å². The van der Waals surface area contributed by atoms with Crippen LogP contribution in [0.3, 0.4) is 0 Å². The van der Waals surface area contributed by atoms with Crippen molar-refractivity contribution in [3.8, 4) is 17.2 Å². The van der Waals surface area contributed by atoms with Gasteiger partial charge < -0.3 is 23.7 Å². The van der Waals surface area contributed by atoms with E-state index in [1.165, 1.54) is 33.0 Å². The fourth-order valence-corrected chi connectivity index (χ4v) is 2.54. The maximum Gasteiger partial charge on any atom is 0.193 e. The minimum atomic E-state index is -0.250. The number of methoxy groups -OCH3 is 3. The van der Waals surface area contributed by atoms with E-state index in [9.17, 15) is 4.79 Å². The summed E-state index contributed by atoms with van der Waals surface area (Å²) in [7, 11) is 4.51. The van der Waals surface area contributed by atoms with Gasteiger partial charge in [0, 0.05) is 26.4 Å². The Morgan fingerprint density at radius 2 is 1.57 bits per heavy atom. The molecule has 150 valence electrons. The zero-order chi connectivity index (χ0) is 20.5. The number of benzene rings is 2. The van der Waals surface area contributed by atoms with Crippen molar-refractivity contribution in [2.75, 3.05) is 34.9 Å². The summed E-state index contributed by atoms with van der Waals surface area (Å²) in [6.45, 7) is 4.13. The molecule has 0 heterocycles. The third-order valence-electron chi connectivity index (χ3n) is 4.14. The molecule has 0 saturated carbocycles. The van der Waals surface area contributed by atoms with Crippen LogP contribution < -0.4 is 14.2 Å². The second-order valence-electron chi connectivity index (χ2n) is 6.14. The Morgan fingerprint density at radius 1 is 0.893 bits per heavy atom. The zero-order valence-electron chi connectivity index (χ0n) is 16.9. The fraction of sp³-hybridized carbons (Fsp3) is 0.318. The molecule has 2 rings (SSSR count). The molecule has 0 aliphatic heterocycles. The number of ketones is 1. The van der Waals surface area contributed by atoms with Gasteiger partial charge in [-0.15, -0.1) is 0 Å². The summed E-state index contributed by atoms with van der Waals surface area (Å²) < 4.78 is 26.3. The maximum absolute atomic E-state index is 12.9. The van der Waals surface area contributed by atoms with E-state index >= 15 is 0 Å². The predicted molar refractivity (Wildman–Crippen MR) is 107 cm³/mol. The smallest absolute Gasteiger partial charge is 0.193 e. The van der Waals surface area contributed by atoms with Gasteiger partial charge in [0.15, 0.2) is 19.4 Å². The largest absolute Gasteiger partial charge is 0.496 e. The van der Waals surface area contributed by atoms with Gasteiger partial charge in [-0.25, -0.2) is 0 Å². The molecule has 0 atom stereocenters. The van der Waals surface area contributed by atoms with Crippen LogP contribution in [0.2, 0.25) is 0 Å². The van der Waals surface area contributed by atoms with Crippen molar-refractivity contribution < 1.29 is 28.5 Å². The summed E-state index contributed by atoms with van der Waals surface area (Å²) >= 11 is 0. The van der Waals surface area contributed by atoms with E-state index in [-0.39, 0.29) is 19.4 Å². The molecule has 0 radical (unpaired) electrons. The summed E-state index contributed by atoms with van der Waals surface area (Å²) in [6.07, 6.45) is 3.26. The van der Waals surface area contributed by atoms with Crippen molar-refractivity contribution in [1.82, 2.24) is 0 Å². The second kappa shape index (κ2) is 10.5. The number of aryl methyl sites for hydroxylation is 2. The minimum absolute atomic E-state index is 0.0158. The number of carbonyl (C=O) groups is 1. The van der Waals surface area contributed by atoms with Gasteiger partial charge in [-0.1, -0.05) is 24.3 Å². The summed E-state index contributed by atoms with van der Waals surface area (Å²) in [5, 5.41) is 0. The highest BCUT2D eigenvalue weighted by Crippen LogP contribution is 2.35. The van der Waals surface area contributed by atoms with Crippen LogP contribution in [-0.4, -0.2) is 40.7 Å². The lowest BCUT2D eigenvalue weighted by atomic mass is 10.0. The Labute approximate surface area is 165 Å². The molecule has 2 aromatic carbocycles. The summed E-state index contributed by atoms with van der Waals surface area (Å²) in [6, 6.07) is 9.25. The number of allylic oxidation sites excluding steroid dienone is 1. The van der Waals surface area contributed by atoms with Crippen molar-refractivity contribution in [2.24, 2.45) is 0 Å². The van der Waals surface area contributed by atoms with Crippen molar-refractivity contribution in [2.45, 2.75) is 13.8 Å². The Bertz CT molecular complexity index is 841. The average molecular weight is 386 g/mol. The highest BCUT2D eigenvalue weighted by Gasteiger charge is 2.19. The number of ether oxygens (including phenoxy) is 5. The van der Waals surface area contributed by atoms with Crippen LogP contribution in [0.4, 0.5) is 0 Å². The van der Waals surface area contributed by atoms with E-state index in [0.29, 0.717) is 22.8 Å². The monoisotopic (exact) mass is 386 g/mol. The summed E-state index contributed by atoms with van der Waals surface area (Å²) in [5.41, 5.74) is 3.60. The van der Waals surface area contributed by atoms with Gasteiger partial charge >= 0.3 is 0 Å². The molecule has 0 N–H and O–H groups in total. The first-order valence-electron chi connectivity index (χ1n) is 8.75. The first-order valence-corrected chi connectivity index (χ1v) is 8.75. The van der Waals surface area contributed by atoms with Crippen LogP contribution in [0.1, 0.15) is 27.0 Å². The fourth-order valence-electron chi connectivity index (χ4n) is 2.54. The SMILES string of the molecule is COCOc1cc(OC)c(C(=O)/C=C/c2ccc(C)c(C)c2)c(OCOC)c1. The van der Waals surface area contributed by atoms with Crippen molar-refractivity contribution in [3.05, 3.63) is 58.7 Å². The van der Waals surface area contributed by atoms with Gasteiger partial charge in [0.2, 0.25) is 0 Å². The second-order valence-corrected chi connectivity index (χ2v) is 6.14. The van der Waals surface area contributed by atoms with Crippen LogP contribution in [-0.2, 0) is 9.47 Å². The molecule has 0 unspecified atom stereocenters. The topological polar surface area (TPSA) is 63.2 Å². The lowest BCUT2D eigenvalue weighted by Crippen LogP contribution is -2.08. The van der Waals surface area contributed by atoms with Crippen LogP contribution in [0.25, 0.3) is 6.08 Å². The molecular formula is C22H26O6. The summed E-state index contributed by atoms with van der Waals surface area (Å²) in [4.78, 5) is 12.9. The normalized spacial score (nSPS) is 10.9. The Morgan fingerprint density at radius 3 is 2.21 bits per heavy atom. The van der Waals surface area contributed by atoms with E-state index in [4.69, 9.17) is 23.7 Å². The van der Waals surface area contributed by atoms with Crippen LogP contribution in [0.5, 0.6) is 17.2 Å². The third kappa shape index (κ3) is 5.58. The van der Waals surface area contributed by atoms with Gasteiger partial charge in [0.25, 0.3) is 0 Å². The van der Waals surface area contributed by atoms with Gasteiger partial charge in [-0.3, -0.25) is 4.79 Å². The molecule has 0 spiro atoms. The highest BCUT2D eigenvalue weighted by molar-refractivity contribution is 6.10. The van der Waals surface area contributed by atoms with Crippen LogP contribution in [0, 0.1) is 13.8 Å². The molecule has 2 aromatic rings. The number of carbonyl (C=O) groups excluding carboxylic acids is 1. The Balaban J connectivity index is 2.37. The van der Waals surface area contributed by atoms with Crippen molar-refractivity contribution in [3.63, 3.8) is 0 Å². The lowest BCUT2D eigenvalue weighted by molar-refractivity contribution is 0.0453. The van der Waals surface area contributed by atoms with E-state index < -0.39 is 0 Å². The lowest BCUT2D eigenvalue weighted by Gasteiger charge is -2.15. The molecular weight excluding hydrogens is 360 g/mol. The Hall–Kier alpha value is -2.83. The van der Waals surface area contributed by atoms with Crippen molar-refractivity contribution in [1.29, 1.82) is 0 Å². The van der Waals surface area contributed by atoms with Gasteiger partial charge in [0.05, 0.1) is 7.11 Å². The van der Waals surface area contributed by atoms with Crippen LogP contribution in [0.15, 0.2) is 36.4 Å². The third-order valence-corrected chi connectivity index (χ3v) is 4.14. The highest BCUT2D eigenvalue weighted by atomic mass is 16.7. The molecule has 0 aliphatic carbocycles. The van der Waals surface area contributed by atoms with E-state index in [1.807, 2.05) is 32.0 Å². The average Bonchev–Trinajstić information content (AvgIpc) is 2.70. The standard InChI is InChI=1S/C22H26O6/c1-15-6-7-17(10-16(15)2)8-9-19(23)22-20(26-5)11-18(27-13-24-3)12-21(22)28-14-25-4/h6-12H,13-14H2,1-5H3/b9-8+. The maximum atomic E-state index is 12.9. The van der Waals surface area contributed by atoms with E-state index in [2.05, 4.69) is 0 Å². The number of hydrogen-bond donors (Lipinski definition) is 0. The van der Waals surface area contributed by atoms with E-state index in [1.54, 1.807) is 18.2 Å². The van der Waals surface area contributed by atoms with Crippen LogP contribution >= 0.6 is 0 Å². The minimum Gasteiger partial charge on any atom is -0.496 e. The van der Waals surface area contributed by atoms with Gasteiger partial charge in [0.1, 0.15) is 22.8 Å². The first kappa shape index (κ1) is 21.5. The molecule has 0 saturated heterocycles. The molecule has 0 aromatic heterocycles. The molecule has 0 bridgehead atoms. The predicted octanol–water partition coefficient (Wildman–Crippen LogP) is 4.17. The molecule has 0 aliphatic rings. The molecule has 6 nitrogen and oxygen atoms in total. The quantitative estimate of drug-likeness (QED) is 0.347. The number of rotatable bonds is 10. The molecule has 6 heteroatoms. The Kier molecular flexibility index (Phi) is 8.04. The molecule has 0 fully saturated rings. The zero-order valence-corrected chi connectivity index (χ0v) is 16.9. The first-order chi connectivity index (χ1) is 13.5. The van der Waals surface area contributed by atoms with Gasteiger partial charge in [-0.2, -0.15) is 0 Å². The van der Waals surface area contributed by atoms with E-state index in [0.717, 1.165) is 11.1 Å². The summed E-state index contributed by atoms with van der Waals surface area (Å²) in [5.74, 6) is 0.857. The van der Waals surface area contributed by atoms with Gasteiger partial charge in [-0.05, 0) is 36.6 Å².